The van der Waals surface area contributed by atoms with Crippen LogP contribution in [-0.2, 0) is 23.4 Å². The van der Waals surface area contributed by atoms with Crippen LogP contribution in [0.4, 0.5) is 10.1 Å². The summed E-state index contributed by atoms with van der Waals surface area (Å²) in [6, 6.07) is 26.7. The van der Waals surface area contributed by atoms with Gasteiger partial charge in [0.05, 0.1) is 23.2 Å². The molecule has 8 heteroatoms. The van der Waals surface area contributed by atoms with Crippen molar-refractivity contribution in [2.45, 2.75) is 18.6 Å². The lowest BCUT2D eigenvalue weighted by atomic mass is 9.83. The largest absolute Gasteiger partial charge is 0.450 e. The van der Waals surface area contributed by atoms with E-state index in [0.29, 0.717) is 21.8 Å². The van der Waals surface area contributed by atoms with E-state index in [-0.39, 0.29) is 35.4 Å². The molecule has 1 atom stereocenters. The summed E-state index contributed by atoms with van der Waals surface area (Å²) in [5.74, 6) is -1.62. The number of carbonyl (C=O) groups excluding carboxylic acids is 2. The molecule has 2 amide bonds. The first-order valence-electron chi connectivity index (χ1n) is 12.7. The zero-order chi connectivity index (χ0) is 27.6. The molecule has 2 aliphatic heterocycles. The SMILES string of the molecule is O=C1c2oc3ccccc3c(=O)c2C2(C(=O)N(Cc3ccc(Cl)cc3)c3ccccc32)N1Cc1ccc(F)cc1. The van der Waals surface area contributed by atoms with Gasteiger partial charge in [-0.3, -0.25) is 14.4 Å². The maximum Gasteiger partial charge on any atom is 0.291 e. The smallest absolute Gasteiger partial charge is 0.291 e. The van der Waals surface area contributed by atoms with Crippen LogP contribution in [0.3, 0.4) is 0 Å². The molecule has 40 heavy (non-hydrogen) atoms. The third-order valence-electron chi connectivity index (χ3n) is 7.65. The molecule has 0 radical (unpaired) electrons. The summed E-state index contributed by atoms with van der Waals surface area (Å²) in [4.78, 5) is 46.0. The molecule has 0 saturated heterocycles. The van der Waals surface area contributed by atoms with Gasteiger partial charge in [0.2, 0.25) is 5.76 Å². The monoisotopic (exact) mass is 550 g/mol. The van der Waals surface area contributed by atoms with Gasteiger partial charge in [0.25, 0.3) is 11.8 Å². The Balaban J connectivity index is 1.50. The van der Waals surface area contributed by atoms with Crippen molar-refractivity contribution in [2.75, 3.05) is 4.90 Å². The van der Waals surface area contributed by atoms with E-state index in [4.69, 9.17) is 16.0 Å². The lowest BCUT2D eigenvalue weighted by Crippen LogP contribution is -2.52. The normalized spacial score (nSPS) is 17.6. The van der Waals surface area contributed by atoms with Gasteiger partial charge >= 0.3 is 0 Å². The average Bonchev–Trinajstić information content (AvgIpc) is 3.36. The number of hydrogen-bond acceptors (Lipinski definition) is 4. The average molecular weight is 551 g/mol. The number of para-hydroxylation sites is 2. The third kappa shape index (κ3) is 3.37. The summed E-state index contributed by atoms with van der Waals surface area (Å²) >= 11 is 6.09. The summed E-state index contributed by atoms with van der Waals surface area (Å²) in [5, 5.41) is 0.845. The number of hydrogen-bond donors (Lipinski definition) is 0. The van der Waals surface area contributed by atoms with E-state index in [2.05, 4.69) is 0 Å². The van der Waals surface area contributed by atoms with E-state index < -0.39 is 28.6 Å². The van der Waals surface area contributed by atoms with Gasteiger partial charge in [-0.1, -0.05) is 66.2 Å². The second-order valence-electron chi connectivity index (χ2n) is 9.89. The van der Waals surface area contributed by atoms with Crippen molar-refractivity contribution in [3.8, 4) is 0 Å². The summed E-state index contributed by atoms with van der Waals surface area (Å²) < 4.78 is 19.8. The Hall–Kier alpha value is -4.75. The van der Waals surface area contributed by atoms with Gasteiger partial charge < -0.3 is 14.2 Å². The molecular weight excluding hydrogens is 531 g/mol. The molecule has 2 aliphatic rings. The fourth-order valence-electron chi connectivity index (χ4n) is 5.86. The van der Waals surface area contributed by atoms with Gasteiger partial charge in [-0.15, -0.1) is 0 Å². The molecule has 4 aromatic carbocycles. The molecule has 1 unspecified atom stereocenters. The molecule has 1 spiro atoms. The van der Waals surface area contributed by atoms with Gasteiger partial charge in [0.1, 0.15) is 11.4 Å². The van der Waals surface area contributed by atoms with Crippen molar-refractivity contribution in [3.63, 3.8) is 0 Å². The molecule has 5 aromatic rings. The van der Waals surface area contributed by atoms with Crippen LogP contribution in [0.15, 0.2) is 106 Å². The highest BCUT2D eigenvalue weighted by Crippen LogP contribution is 2.53. The summed E-state index contributed by atoms with van der Waals surface area (Å²) in [6.07, 6.45) is 0. The first-order valence-corrected chi connectivity index (χ1v) is 13.1. The quantitative estimate of drug-likeness (QED) is 0.274. The van der Waals surface area contributed by atoms with E-state index in [1.807, 2.05) is 18.2 Å². The Bertz CT molecular complexity index is 1900. The van der Waals surface area contributed by atoms with E-state index in [9.17, 15) is 18.8 Å². The van der Waals surface area contributed by atoms with E-state index in [0.717, 1.165) is 5.56 Å². The highest BCUT2D eigenvalue weighted by molar-refractivity contribution is 6.30. The van der Waals surface area contributed by atoms with Gasteiger partial charge in [0, 0.05) is 17.1 Å². The van der Waals surface area contributed by atoms with Crippen LogP contribution in [0, 0.1) is 5.82 Å². The maximum atomic E-state index is 14.8. The van der Waals surface area contributed by atoms with Gasteiger partial charge in [-0.05, 0) is 53.6 Å². The van der Waals surface area contributed by atoms with Crippen molar-refractivity contribution in [1.82, 2.24) is 4.90 Å². The van der Waals surface area contributed by atoms with Crippen molar-refractivity contribution < 1.29 is 18.4 Å². The van der Waals surface area contributed by atoms with Crippen LogP contribution in [-0.4, -0.2) is 16.7 Å². The lowest BCUT2D eigenvalue weighted by Gasteiger charge is -2.34. The van der Waals surface area contributed by atoms with E-state index in [1.165, 1.54) is 17.0 Å². The standard InChI is InChI=1S/C32H20ClFN2O4/c33-21-13-9-19(10-14-21)17-35-25-7-3-2-6-24(25)32(31(35)39)27-28(37)23-5-1-4-8-26(23)40-29(27)30(38)36(32)18-20-11-15-22(34)16-12-20/h1-16H,17-18H2. The fraction of sp³-hybridized carbons (Fsp3) is 0.0938. The molecule has 7 rings (SSSR count). The molecule has 3 heterocycles. The van der Waals surface area contributed by atoms with Gasteiger partial charge in [0.15, 0.2) is 11.0 Å². The number of nitrogens with zero attached hydrogens (tertiary/aromatic N) is 2. The Kier molecular flexibility index (Phi) is 5.40. The zero-order valence-electron chi connectivity index (χ0n) is 20.9. The molecular formula is C32H20ClFN2O4. The summed E-state index contributed by atoms with van der Waals surface area (Å²) in [5.41, 5.74) is 0.553. The molecule has 6 nitrogen and oxygen atoms in total. The summed E-state index contributed by atoms with van der Waals surface area (Å²) in [6.45, 7) is 0.148. The third-order valence-corrected chi connectivity index (χ3v) is 7.90. The lowest BCUT2D eigenvalue weighted by molar-refractivity contribution is -0.126. The van der Waals surface area contributed by atoms with Crippen molar-refractivity contribution in [3.05, 3.63) is 146 Å². The molecule has 1 aromatic heterocycles. The molecule has 196 valence electrons. The minimum Gasteiger partial charge on any atom is -0.450 e. The molecule has 0 saturated carbocycles. The number of amides is 2. The van der Waals surface area contributed by atoms with Gasteiger partial charge in [-0.2, -0.15) is 0 Å². The Labute approximate surface area is 232 Å². The van der Waals surface area contributed by atoms with E-state index in [1.54, 1.807) is 71.6 Å². The highest BCUT2D eigenvalue weighted by atomic mass is 35.5. The number of benzene rings is 4. The van der Waals surface area contributed by atoms with Crippen molar-refractivity contribution in [2.24, 2.45) is 0 Å². The number of anilines is 1. The molecule has 0 aliphatic carbocycles. The maximum absolute atomic E-state index is 14.8. The highest BCUT2D eigenvalue weighted by Gasteiger charge is 2.64. The zero-order valence-corrected chi connectivity index (χ0v) is 21.7. The van der Waals surface area contributed by atoms with Crippen LogP contribution in [0.5, 0.6) is 0 Å². The van der Waals surface area contributed by atoms with Crippen LogP contribution in [0.1, 0.15) is 32.8 Å². The molecule has 0 N–H and O–H groups in total. The number of halogens is 2. The first kappa shape index (κ1) is 24.3. The molecule has 0 fully saturated rings. The second kappa shape index (κ2) is 8.89. The van der Waals surface area contributed by atoms with E-state index >= 15 is 0 Å². The number of carbonyl (C=O) groups is 2. The van der Waals surface area contributed by atoms with Crippen LogP contribution in [0.2, 0.25) is 5.02 Å². The predicted octanol–water partition coefficient (Wildman–Crippen LogP) is 6.03. The first-order chi connectivity index (χ1) is 19.4. The molecule has 0 bridgehead atoms. The number of fused-ring (bicyclic) bond motifs is 5. The Morgan fingerprint density at radius 2 is 1.43 bits per heavy atom. The van der Waals surface area contributed by atoms with Crippen LogP contribution in [0.25, 0.3) is 11.0 Å². The Morgan fingerprint density at radius 3 is 2.20 bits per heavy atom. The minimum atomic E-state index is -1.77. The fourth-order valence-corrected chi connectivity index (χ4v) is 5.99. The minimum absolute atomic E-state index is 0.00521. The predicted molar refractivity (Wildman–Crippen MR) is 149 cm³/mol. The van der Waals surface area contributed by atoms with Crippen molar-refractivity contribution in [1.29, 1.82) is 0 Å². The van der Waals surface area contributed by atoms with Gasteiger partial charge in [-0.25, -0.2) is 4.39 Å². The van der Waals surface area contributed by atoms with Crippen molar-refractivity contribution >= 4 is 40.1 Å². The Morgan fingerprint density at radius 1 is 0.775 bits per heavy atom. The van der Waals surface area contributed by atoms with Crippen LogP contribution < -0.4 is 10.3 Å². The topological polar surface area (TPSA) is 70.8 Å². The summed E-state index contributed by atoms with van der Waals surface area (Å²) in [7, 11) is 0. The van der Waals surface area contributed by atoms with Crippen LogP contribution >= 0.6 is 11.6 Å². The number of rotatable bonds is 4. The second-order valence-corrected chi connectivity index (χ2v) is 10.3.